The minimum absolute atomic E-state index is 0.546. The molecule has 8 nitrogen and oxygen atoms in total. The second-order valence-corrected chi connectivity index (χ2v) is 8.79. The first-order valence-corrected chi connectivity index (χ1v) is 11.2. The SMILES string of the molecule is Cc1cc2nncn2nc1N1CCc2ncc(-c3cnn(C4CCCCC4)c3)cc2C1. The van der Waals surface area contributed by atoms with Gasteiger partial charge in [-0.3, -0.25) is 9.67 Å². The van der Waals surface area contributed by atoms with E-state index in [1.807, 2.05) is 18.5 Å². The van der Waals surface area contributed by atoms with Gasteiger partial charge in [0.05, 0.1) is 12.2 Å². The second-order valence-electron chi connectivity index (χ2n) is 8.79. The summed E-state index contributed by atoms with van der Waals surface area (Å²) in [5.74, 6) is 0.980. The predicted octanol–water partition coefficient (Wildman–Crippen LogP) is 3.76. The van der Waals surface area contributed by atoms with Crippen molar-refractivity contribution in [2.45, 2.75) is 58.0 Å². The number of hydrogen-bond donors (Lipinski definition) is 0. The van der Waals surface area contributed by atoms with Gasteiger partial charge in [-0.15, -0.1) is 15.3 Å². The lowest BCUT2D eigenvalue weighted by Crippen LogP contribution is -2.32. The summed E-state index contributed by atoms with van der Waals surface area (Å²) in [5.41, 5.74) is 6.63. The Hall–Kier alpha value is -3.29. The molecule has 0 saturated heterocycles. The number of fused-ring (bicyclic) bond motifs is 2. The molecule has 1 fully saturated rings. The van der Waals surface area contributed by atoms with Crippen molar-refractivity contribution < 1.29 is 0 Å². The van der Waals surface area contributed by atoms with Gasteiger partial charge in [0.1, 0.15) is 6.33 Å². The van der Waals surface area contributed by atoms with E-state index in [9.17, 15) is 0 Å². The van der Waals surface area contributed by atoms with E-state index in [0.717, 1.165) is 47.7 Å². The van der Waals surface area contributed by atoms with Crippen LogP contribution in [-0.2, 0) is 13.0 Å². The molecule has 31 heavy (non-hydrogen) atoms. The highest BCUT2D eigenvalue weighted by Crippen LogP contribution is 2.31. The molecule has 0 N–H and O–H groups in total. The van der Waals surface area contributed by atoms with Crippen molar-refractivity contribution in [2.24, 2.45) is 0 Å². The van der Waals surface area contributed by atoms with Gasteiger partial charge in [-0.25, -0.2) is 0 Å². The molecule has 1 saturated carbocycles. The highest BCUT2D eigenvalue weighted by Gasteiger charge is 2.22. The fourth-order valence-electron chi connectivity index (χ4n) is 4.96. The molecule has 0 atom stereocenters. The summed E-state index contributed by atoms with van der Waals surface area (Å²) in [6.45, 7) is 3.79. The molecule has 0 amide bonds. The molecule has 6 rings (SSSR count). The van der Waals surface area contributed by atoms with Gasteiger partial charge >= 0.3 is 0 Å². The van der Waals surface area contributed by atoms with Crippen LogP contribution < -0.4 is 4.90 Å². The Balaban J connectivity index is 1.28. The maximum atomic E-state index is 4.80. The van der Waals surface area contributed by atoms with E-state index in [1.165, 1.54) is 43.4 Å². The molecule has 5 heterocycles. The summed E-state index contributed by atoms with van der Waals surface area (Å²) in [6.07, 6.45) is 15.2. The van der Waals surface area contributed by atoms with E-state index in [-0.39, 0.29) is 0 Å². The Bertz CT molecular complexity index is 1230. The monoisotopic (exact) mass is 414 g/mol. The van der Waals surface area contributed by atoms with Gasteiger partial charge in [0.2, 0.25) is 0 Å². The van der Waals surface area contributed by atoms with Gasteiger partial charge in [0.25, 0.3) is 0 Å². The minimum atomic E-state index is 0.546. The smallest absolute Gasteiger partial charge is 0.177 e. The summed E-state index contributed by atoms with van der Waals surface area (Å²) in [7, 11) is 0. The highest BCUT2D eigenvalue weighted by molar-refractivity contribution is 5.63. The summed E-state index contributed by atoms with van der Waals surface area (Å²) in [6, 6.07) is 4.87. The number of aryl methyl sites for hydroxylation is 1. The third-order valence-electron chi connectivity index (χ3n) is 6.68. The number of anilines is 1. The molecule has 158 valence electrons. The summed E-state index contributed by atoms with van der Waals surface area (Å²) in [5, 5.41) is 17.5. The Morgan fingerprint density at radius 1 is 1.03 bits per heavy atom. The third kappa shape index (κ3) is 3.36. The Kier molecular flexibility index (Phi) is 4.44. The average molecular weight is 415 g/mol. The Morgan fingerprint density at radius 3 is 2.84 bits per heavy atom. The van der Waals surface area contributed by atoms with Crippen molar-refractivity contribution >= 4 is 11.5 Å². The van der Waals surface area contributed by atoms with E-state index < -0.39 is 0 Å². The van der Waals surface area contributed by atoms with Crippen molar-refractivity contribution in [3.63, 3.8) is 0 Å². The van der Waals surface area contributed by atoms with E-state index in [4.69, 9.17) is 10.1 Å². The summed E-state index contributed by atoms with van der Waals surface area (Å²) >= 11 is 0. The molecule has 4 aromatic rings. The van der Waals surface area contributed by atoms with E-state index in [1.54, 1.807) is 10.8 Å². The van der Waals surface area contributed by atoms with E-state index >= 15 is 0 Å². The maximum absolute atomic E-state index is 4.80. The van der Waals surface area contributed by atoms with Crippen LogP contribution in [0.2, 0.25) is 0 Å². The number of aromatic nitrogens is 7. The van der Waals surface area contributed by atoms with Crippen molar-refractivity contribution in [1.29, 1.82) is 0 Å². The zero-order valence-electron chi connectivity index (χ0n) is 17.8. The van der Waals surface area contributed by atoms with Crippen molar-refractivity contribution in [3.05, 3.63) is 53.9 Å². The van der Waals surface area contributed by atoms with Crippen LogP contribution in [0.5, 0.6) is 0 Å². The number of pyridine rings is 1. The largest absolute Gasteiger partial charge is 0.350 e. The molecule has 0 radical (unpaired) electrons. The molecule has 1 aliphatic carbocycles. The van der Waals surface area contributed by atoms with Gasteiger partial charge < -0.3 is 4.90 Å². The second kappa shape index (κ2) is 7.44. The van der Waals surface area contributed by atoms with Crippen LogP contribution in [0.25, 0.3) is 16.8 Å². The predicted molar refractivity (Wildman–Crippen MR) is 118 cm³/mol. The van der Waals surface area contributed by atoms with E-state index in [2.05, 4.69) is 44.1 Å². The number of hydrogen-bond acceptors (Lipinski definition) is 6. The quantitative estimate of drug-likeness (QED) is 0.508. The third-order valence-corrected chi connectivity index (χ3v) is 6.68. The van der Waals surface area contributed by atoms with Gasteiger partial charge in [0.15, 0.2) is 11.5 Å². The van der Waals surface area contributed by atoms with Crippen LogP contribution in [0.15, 0.2) is 37.1 Å². The molecule has 0 unspecified atom stereocenters. The van der Waals surface area contributed by atoms with Crippen LogP contribution in [0.4, 0.5) is 5.82 Å². The van der Waals surface area contributed by atoms with Crippen molar-refractivity contribution in [3.8, 4) is 11.1 Å². The van der Waals surface area contributed by atoms with Gasteiger partial charge in [-0.2, -0.15) is 9.61 Å². The standard InChI is InChI=1S/C23H26N8/c1-16-9-22-27-25-15-31(22)28-23(16)29-8-7-21-18(13-29)10-17(11-24-21)19-12-26-30(14-19)20-5-3-2-4-6-20/h9-12,14-15,20H,2-8,13H2,1H3. The Labute approximate surface area is 180 Å². The molecule has 4 aromatic heterocycles. The molecule has 1 aliphatic heterocycles. The fourth-order valence-corrected chi connectivity index (χ4v) is 4.96. The van der Waals surface area contributed by atoms with Gasteiger partial charge in [-0.1, -0.05) is 19.3 Å². The molecular weight excluding hydrogens is 388 g/mol. The van der Waals surface area contributed by atoms with Crippen LogP contribution >= 0.6 is 0 Å². The normalized spacial score (nSPS) is 17.3. The summed E-state index contributed by atoms with van der Waals surface area (Å²) in [4.78, 5) is 7.13. The fraction of sp³-hybridized carbons (Fsp3) is 0.435. The first kappa shape index (κ1) is 18.5. The molecule has 2 aliphatic rings. The minimum Gasteiger partial charge on any atom is -0.350 e. The maximum Gasteiger partial charge on any atom is 0.177 e. The lowest BCUT2D eigenvalue weighted by Gasteiger charge is -2.30. The highest BCUT2D eigenvalue weighted by atomic mass is 15.4. The average Bonchev–Trinajstić information content (AvgIpc) is 3.48. The molecular formula is C23H26N8. The number of rotatable bonds is 3. The lowest BCUT2D eigenvalue weighted by molar-refractivity contribution is 0.329. The Morgan fingerprint density at radius 2 is 1.94 bits per heavy atom. The van der Waals surface area contributed by atoms with Crippen molar-refractivity contribution in [1.82, 2.24) is 34.6 Å². The zero-order chi connectivity index (χ0) is 20.8. The van der Waals surface area contributed by atoms with Crippen LogP contribution in [0, 0.1) is 6.92 Å². The van der Waals surface area contributed by atoms with Gasteiger partial charge in [-0.05, 0) is 43.0 Å². The molecule has 0 bridgehead atoms. The zero-order valence-corrected chi connectivity index (χ0v) is 17.8. The van der Waals surface area contributed by atoms with Gasteiger partial charge in [0, 0.05) is 48.7 Å². The molecule has 0 spiro atoms. The van der Waals surface area contributed by atoms with Crippen LogP contribution in [0.3, 0.4) is 0 Å². The first-order valence-electron chi connectivity index (χ1n) is 11.2. The lowest BCUT2D eigenvalue weighted by atomic mass is 9.96. The van der Waals surface area contributed by atoms with Crippen LogP contribution in [-0.4, -0.2) is 41.1 Å². The van der Waals surface area contributed by atoms with Crippen LogP contribution in [0.1, 0.15) is 55.0 Å². The van der Waals surface area contributed by atoms with E-state index in [0.29, 0.717) is 6.04 Å². The van der Waals surface area contributed by atoms with Crippen molar-refractivity contribution in [2.75, 3.05) is 11.4 Å². The topological polar surface area (TPSA) is 77.0 Å². The number of nitrogens with zero attached hydrogens (tertiary/aromatic N) is 8. The molecule has 8 heteroatoms. The molecule has 0 aromatic carbocycles. The first-order chi connectivity index (χ1) is 15.2. The summed E-state index contributed by atoms with van der Waals surface area (Å²) < 4.78 is 3.91.